The molecule has 1 aromatic carbocycles. The molecule has 0 atom stereocenters. The lowest BCUT2D eigenvalue weighted by molar-refractivity contribution is 0.247. The molecular weight excluding hydrogens is 265 g/mol. The van der Waals surface area contributed by atoms with Gasteiger partial charge in [0.05, 0.1) is 10.2 Å². The fourth-order valence-corrected chi connectivity index (χ4v) is 2.73. The van der Waals surface area contributed by atoms with E-state index >= 15 is 0 Å². The van der Waals surface area contributed by atoms with Gasteiger partial charge in [0.2, 0.25) is 0 Å². The molecule has 0 fully saturated rings. The van der Waals surface area contributed by atoms with Crippen molar-refractivity contribution in [2.24, 2.45) is 4.99 Å². The Morgan fingerprint density at radius 3 is 3.05 bits per heavy atom. The molecule has 6 heteroatoms. The molecule has 100 valence electrons. The molecule has 1 N–H and O–H groups in total. The van der Waals surface area contributed by atoms with Crippen LogP contribution in [-0.2, 0) is 6.54 Å². The van der Waals surface area contributed by atoms with Crippen molar-refractivity contribution in [3.05, 3.63) is 41.7 Å². The summed E-state index contributed by atoms with van der Waals surface area (Å²) in [6.45, 7) is 3.66. The molecule has 0 saturated carbocycles. The number of hydrogen-bond donors (Lipinski definition) is 1. The van der Waals surface area contributed by atoms with Gasteiger partial charge < -0.3 is 9.88 Å². The van der Waals surface area contributed by atoms with E-state index in [9.17, 15) is 9.18 Å². The van der Waals surface area contributed by atoms with Crippen LogP contribution in [0.2, 0.25) is 0 Å². The minimum atomic E-state index is -0.597. The number of urea groups is 1. The van der Waals surface area contributed by atoms with Crippen LogP contribution in [0.3, 0.4) is 0 Å². The van der Waals surface area contributed by atoms with Gasteiger partial charge in [0.1, 0.15) is 6.67 Å². The normalized spacial score (nSPS) is 11.7. The highest BCUT2D eigenvalue weighted by molar-refractivity contribution is 7.16. The van der Waals surface area contributed by atoms with Gasteiger partial charge in [-0.3, -0.25) is 0 Å². The summed E-state index contributed by atoms with van der Waals surface area (Å²) in [5.74, 6) is 0. The SMILES string of the molecule is C=CCn1c(=NC(=O)NCCF)sc2ccccc21. The van der Waals surface area contributed by atoms with Crippen LogP contribution in [0.5, 0.6) is 0 Å². The molecule has 0 aliphatic heterocycles. The Balaban J connectivity index is 2.46. The van der Waals surface area contributed by atoms with Crippen molar-refractivity contribution in [3.63, 3.8) is 0 Å². The van der Waals surface area contributed by atoms with E-state index in [1.807, 2.05) is 28.8 Å². The minimum Gasteiger partial charge on any atom is -0.334 e. The van der Waals surface area contributed by atoms with Crippen LogP contribution >= 0.6 is 11.3 Å². The van der Waals surface area contributed by atoms with Crippen LogP contribution in [-0.4, -0.2) is 23.8 Å². The van der Waals surface area contributed by atoms with E-state index in [4.69, 9.17) is 0 Å². The van der Waals surface area contributed by atoms with Crippen LogP contribution in [0.15, 0.2) is 41.9 Å². The number of carbonyl (C=O) groups is 1. The third-order valence-corrected chi connectivity index (χ3v) is 3.53. The Bertz CT molecular complexity index is 659. The second-order valence-corrected chi connectivity index (χ2v) is 4.79. The smallest absolute Gasteiger partial charge is 0.334 e. The van der Waals surface area contributed by atoms with Crippen molar-refractivity contribution in [2.45, 2.75) is 6.54 Å². The molecule has 0 radical (unpaired) electrons. The number of alkyl halides is 1. The third-order valence-electron chi connectivity index (χ3n) is 2.47. The number of rotatable bonds is 4. The summed E-state index contributed by atoms with van der Waals surface area (Å²) in [5, 5.41) is 2.38. The first kappa shape index (κ1) is 13.5. The van der Waals surface area contributed by atoms with Crippen LogP contribution in [0.1, 0.15) is 0 Å². The first-order chi connectivity index (χ1) is 9.26. The van der Waals surface area contributed by atoms with Gasteiger partial charge in [0, 0.05) is 13.1 Å². The monoisotopic (exact) mass is 279 g/mol. The highest BCUT2D eigenvalue weighted by Gasteiger charge is 2.05. The van der Waals surface area contributed by atoms with Gasteiger partial charge in [0.25, 0.3) is 0 Å². The maximum atomic E-state index is 12.0. The largest absolute Gasteiger partial charge is 0.343 e. The number of halogens is 1. The van der Waals surface area contributed by atoms with Gasteiger partial charge >= 0.3 is 6.03 Å². The van der Waals surface area contributed by atoms with Crippen molar-refractivity contribution in [2.75, 3.05) is 13.2 Å². The fourth-order valence-electron chi connectivity index (χ4n) is 1.69. The molecule has 2 aromatic rings. The first-order valence-corrected chi connectivity index (χ1v) is 6.65. The average molecular weight is 279 g/mol. The molecule has 0 saturated heterocycles. The van der Waals surface area contributed by atoms with Gasteiger partial charge in [-0.2, -0.15) is 4.99 Å². The Kier molecular flexibility index (Phi) is 4.46. The Labute approximate surface area is 113 Å². The van der Waals surface area contributed by atoms with Crippen molar-refractivity contribution in [1.29, 1.82) is 0 Å². The summed E-state index contributed by atoms with van der Waals surface area (Å²) in [6.07, 6.45) is 1.75. The summed E-state index contributed by atoms with van der Waals surface area (Å²) in [6, 6.07) is 7.28. The number of carbonyl (C=O) groups excluding carboxylic acids is 1. The van der Waals surface area contributed by atoms with E-state index in [2.05, 4.69) is 16.9 Å². The van der Waals surface area contributed by atoms with E-state index in [0.29, 0.717) is 11.3 Å². The van der Waals surface area contributed by atoms with Gasteiger partial charge in [-0.15, -0.1) is 6.58 Å². The molecule has 0 bridgehead atoms. The molecule has 0 spiro atoms. The molecule has 1 aromatic heterocycles. The summed E-state index contributed by atoms with van der Waals surface area (Å²) in [4.78, 5) is 16.1. The number of aromatic nitrogens is 1. The zero-order valence-corrected chi connectivity index (χ0v) is 11.1. The number of benzene rings is 1. The lowest BCUT2D eigenvalue weighted by Gasteiger charge is -2.00. The summed E-state index contributed by atoms with van der Waals surface area (Å²) in [7, 11) is 0. The van der Waals surface area contributed by atoms with Gasteiger partial charge in [0.15, 0.2) is 4.80 Å². The zero-order valence-electron chi connectivity index (χ0n) is 10.3. The highest BCUT2D eigenvalue weighted by atomic mass is 32.1. The summed E-state index contributed by atoms with van der Waals surface area (Å²) < 4.78 is 14.9. The topological polar surface area (TPSA) is 46.4 Å². The van der Waals surface area contributed by atoms with Crippen LogP contribution in [0.4, 0.5) is 9.18 Å². The van der Waals surface area contributed by atoms with E-state index in [1.165, 1.54) is 11.3 Å². The van der Waals surface area contributed by atoms with Crippen molar-refractivity contribution < 1.29 is 9.18 Å². The second-order valence-electron chi connectivity index (χ2n) is 3.78. The van der Waals surface area contributed by atoms with Crippen LogP contribution in [0.25, 0.3) is 10.2 Å². The number of fused-ring (bicyclic) bond motifs is 1. The van der Waals surface area contributed by atoms with E-state index in [1.54, 1.807) is 6.08 Å². The number of nitrogens with one attached hydrogen (secondary N) is 1. The van der Waals surface area contributed by atoms with Gasteiger partial charge in [-0.1, -0.05) is 29.5 Å². The van der Waals surface area contributed by atoms with E-state index < -0.39 is 12.7 Å². The quantitative estimate of drug-likeness (QED) is 0.859. The lowest BCUT2D eigenvalue weighted by Crippen LogP contribution is -2.26. The lowest BCUT2D eigenvalue weighted by atomic mass is 10.3. The summed E-state index contributed by atoms with van der Waals surface area (Å²) >= 11 is 1.42. The molecule has 19 heavy (non-hydrogen) atoms. The molecule has 2 rings (SSSR count). The molecular formula is C13H14FN3OS. The van der Waals surface area contributed by atoms with Crippen molar-refractivity contribution in [1.82, 2.24) is 9.88 Å². The number of amides is 2. The predicted octanol–water partition coefficient (Wildman–Crippen LogP) is 2.47. The fraction of sp³-hybridized carbons (Fsp3) is 0.231. The standard InChI is InChI=1S/C13H14FN3OS/c1-2-9-17-10-5-3-4-6-11(10)19-13(17)16-12(18)15-8-7-14/h2-6H,1,7-9H2,(H,15,18). The molecule has 0 aliphatic carbocycles. The van der Waals surface area contributed by atoms with Crippen molar-refractivity contribution >= 4 is 27.6 Å². The maximum Gasteiger partial charge on any atom is 0.343 e. The van der Waals surface area contributed by atoms with Gasteiger partial charge in [-0.05, 0) is 12.1 Å². The Hall–Kier alpha value is -1.95. The molecule has 2 amide bonds. The number of hydrogen-bond acceptors (Lipinski definition) is 2. The third kappa shape index (κ3) is 3.08. The molecule has 0 unspecified atom stereocenters. The van der Waals surface area contributed by atoms with Crippen molar-refractivity contribution in [3.8, 4) is 0 Å². The highest BCUT2D eigenvalue weighted by Crippen LogP contribution is 2.16. The molecule has 1 heterocycles. The van der Waals surface area contributed by atoms with Crippen LogP contribution < -0.4 is 10.1 Å². The molecule has 0 aliphatic rings. The minimum absolute atomic E-state index is 0.0192. The maximum absolute atomic E-state index is 12.0. The molecule has 4 nitrogen and oxygen atoms in total. The zero-order chi connectivity index (χ0) is 13.7. The van der Waals surface area contributed by atoms with E-state index in [-0.39, 0.29) is 6.54 Å². The summed E-state index contributed by atoms with van der Waals surface area (Å²) in [5.41, 5.74) is 1.00. The average Bonchev–Trinajstić information content (AvgIpc) is 2.75. The Morgan fingerprint density at radius 1 is 1.53 bits per heavy atom. The number of para-hydroxylation sites is 1. The van der Waals surface area contributed by atoms with E-state index in [0.717, 1.165) is 10.2 Å². The van der Waals surface area contributed by atoms with Crippen LogP contribution in [0, 0.1) is 0 Å². The number of allylic oxidation sites excluding steroid dienone is 1. The first-order valence-electron chi connectivity index (χ1n) is 5.84. The number of nitrogens with zero attached hydrogens (tertiary/aromatic N) is 2. The second kappa shape index (κ2) is 6.29. The number of thiazole rings is 1. The van der Waals surface area contributed by atoms with Gasteiger partial charge in [-0.25, -0.2) is 9.18 Å². The Morgan fingerprint density at radius 2 is 2.32 bits per heavy atom. The predicted molar refractivity (Wildman–Crippen MR) is 74.9 cm³/mol.